The molecule has 0 spiro atoms. The minimum absolute atomic E-state index is 0.0263. The van der Waals surface area contributed by atoms with Gasteiger partial charge in [-0.05, 0) is 47.6 Å². The highest BCUT2D eigenvalue weighted by Gasteiger charge is 2.29. The summed E-state index contributed by atoms with van der Waals surface area (Å²) in [6.45, 7) is 2.68. The van der Waals surface area contributed by atoms with Crippen LogP contribution >= 0.6 is 0 Å². The van der Waals surface area contributed by atoms with Crippen LogP contribution in [0.2, 0.25) is 0 Å². The molecule has 0 heterocycles. The number of carboxylic acids is 1. The first-order valence-corrected chi connectivity index (χ1v) is 14.2. The quantitative estimate of drug-likeness (QED) is 0.208. The highest BCUT2D eigenvalue weighted by atomic mass is 16.5. The van der Waals surface area contributed by atoms with Crippen LogP contribution in [-0.4, -0.2) is 48.4 Å². The lowest BCUT2D eigenvalue weighted by molar-refractivity contribution is -0.146. The maximum atomic E-state index is 12.3. The number of unbranched alkanes of at least 4 members (excludes halogenated alkanes) is 3. The molecule has 216 valence electrons. The van der Waals surface area contributed by atoms with Gasteiger partial charge in [0.1, 0.15) is 6.61 Å². The average molecular weight is 559 g/mol. The lowest BCUT2D eigenvalue weighted by Crippen LogP contribution is -2.48. The summed E-state index contributed by atoms with van der Waals surface area (Å²) in [7, 11) is 0. The molecule has 3 N–H and O–H groups in total. The predicted octanol–water partition coefficient (Wildman–Crippen LogP) is 5.65. The lowest BCUT2D eigenvalue weighted by atomic mass is 9.98. The fraction of sp³-hybridized carbons (Fsp3) is 0.364. The summed E-state index contributed by atoms with van der Waals surface area (Å²) in [6, 6.07) is 24.8. The Morgan fingerprint density at radius 2 is 1.44 bits per heavy atom. The van der Waals surface area contributed by atoms with Gasteiger partial charge in [-0.25, -0.2) is 9.59 Å². The number of carboxylic acid groups (broad SMARTS) is 1. The molecule has 0 radical (unpaired) electrons. The molecule has 2 atom stereocenters. The first-order valence-electron chi connectivity index (χ1n) is 14.2. The molecule has 8 nitrogen and oxygen atoms in total. The third kappa shape index (κ3) is 8.41. The van der Waals surface area contributed by atoms with Gasteiger partial charge in [0.15, 0.2) is 6.04 Å². The van der Waals surface area contributed by atoms with E-state index >= 15 is 0 Å². The van der Waals surface area contributed by atoms with Gasteiger partial charge in [0, 0.05) is 18.9 Å². The predicted molar refractivity (Wildman–Crippen MR) is 156 cm³/mol. The van der Waals surface area contributed by atoms with Crippen molar-refractivity contribution >= 4 is 18.0 Å². The second-order valence-corrected chi connectivity index (χ2v) is 10.3. The smallest absolute Gasteiger partial charge is 0.407 e. The van der Waals surface area contributed by atoms with Gasteiger partial charge in [0.25, 0.3) is 0 Å². The Morgan fingerprint density at radius 1 is 0.829 bits per heavy atom. The maximum absolute atomic E-state index is 12.3. The molecule has 0 saturated carbocycles. The SMILES string of the molecule is CC(OCc1ccccc1)C(NC(=O)CCCCCCNC(=O)OCC1c2ccccc2-c2ccccc21)C(=O)O. The van der Waals surface area contributed by atoms with Crippen LogP contribution in [0.1, 0.15) is 61.6 Å². The highest BCUT2D eigenvalue weighted by molar-refractivity contribution is 5.84. The summed E-state index contributed by atoms with van der Waals surface area (Å²) in [6.07, 6.45) is 2.12. The van der Waals surface area contributed by atoms with E-state index in [2.05, 4.69) is 34.9 Å². The summed E-state index contributed by atoms with van der Waals surface area (Å²) in [5, 5.41) is 14.9. The molecular formula is C33H38N2O6. The molecule has 0 fully saturated rings. The second kappa shape index (κ2) is 15.0. The van der Waals surface area contributed by atoms with Gasteiger partial charge in [0.2, 0.25) is 5.91 Å². The molecule has 0 aromatic heterocycles. The van der Waals surface area contributed by atoms with Crippen molar-refractivity contribution in [1.29, 1.82) is 0 Å². The number of nitrogens with one attached hydrogen (secondary N) is 2. The summed E-state index contributed by atoms with van der Waals surface area (Å²) >= 11 is 0. The Bertz CT molecular complexity index is 1270. The van der Waals surface area contributed by atoms with Crippen molar-refractivity contribution in [1.82, 2.24) is 10.6 Å². The molecule has 1 aliphatic rings. The average Bonchev–Trinajstić information content (AvgIpc) is 3.31. The molecular weight excluding hydrogens is 520 g/mol. The minimum atomic E-state index is -1.13. The zero-order chi connectivity index (χ0) is 29.0. The van der Waals surface area contributed by atoms with E-state index < -0.39 is 24.2 Å². The molecule has 3 aromatic carbocycles. The molecule has 8 heteroatoms. The van der Waals surface area contributed by atoms with Crippen molar-refractivity contribution in [2.75, 3.05) is 13.2 Å². The van der Waals surface area contributed by atoms with Gasteiger partial charge < -0.3 is 25.2 Å². The van der Waals surface area contributed by atoms with Crippen LogP contribution in [0, 0.1) is 0 Å². The van der Waals surface area contributed by atoms with Crippen molar-refractivity contribution < 1.29 is 29.0 Å². The van der Waals surface area contributed by atoms with E-state index in [9.17, 15) is 19.5 Å². The van der Waals surface area contributed by atoms with Crippen molar-refractivity contribution in [2.24, 2.45) is 0 Å². The van der Waals surface area contributed by atoms with Crippen LogP contribution in [0.5, 0.6) is 0 Å². The Labute approximate surface area is 241 Å². The maximum Gasteiger partial charge on any atom is 0.407 e. The van der Waals surface area contributed by atoms with Gasteiger partial charge in [-0.1, -0.05) is 91.7 Å². The molecule has 0 bridgehead atoms. The number of rotatable bonds is 15. The van der Waals surface area contributed by atoms with E-state index in [0.717, 1.165) is 24.8 Å². The Balaban J connectivity index is 1.08. The van der Waals surface area contributed by atoms with Crippen LogP contribution in [0.15, 0.2) is 78.9 Å². The minimum Gasteiger partial charge on any atom is -0.480 e. The number of hydrogen-bond acceptors (Lipinski definition) is 5. The number of benzene rings is 3. The largest absolute Gasteiger partial charge is 0.480 e. The molecule has 2 amide bonds. The topological polar surface area (TPSA) is 114 Å². The zero-order valence-corrected chi connectivity index (χ0v) is 23.4. The fourth-order valence-electron chi connectivity index (χ4n) is 5.13. The third-order valence-electron chi connectivity index (χ3n) is 7.35. The van der Waals surface area contributed by atoms with Gasteiger partial charge >= 0.3 is 12.1 Å². The summed E-state index contributed by atoms with van der Waals surface area (Å²) in [5.74, 6) is -1.42. The van der Waals surface area contributed by atoms with E-state index in [1.807, 2.05) is 54.6 Å². The number of ether oxygens (including phenoxy) is 2. The van der Waals surface area contributed by atoms with E-state index in [0.29, 0.717) is 13.0 Å². The number of carbonyl (C=O) groups excluding carboxylic acids is 2. The molecule has 0 aliphatic heterocycles. The van der Waals surface area contributed by atoms with Gasteiger partial charge in [-0.2, -0.15) is 0 Å². The number of fused-ring (bicyclic) bond motifs is 3. The van der Waals surface area contributed by atoms with Crippen molar-refractivity contribution in [3.8, 4) is 11.1 Å². The Hall–Kier alpha value is -4.17. The second-order valence-electron chi connectivity index (χ2n) is 10.3. The van der Waals surface area contributed by atoms with Gasteiger partial charge in [-0.3, -0.25) is 4.79 Å². The number of hydrogen-bond donors (Lipinski definition) is 3. The summed E-state index contributed by atoms with van der Waals surface area (Å²) < 4.78 is 11.2. The van der Waals surface area contributed by atoms with Gasteiger partial charge in [-0.15, -0.1) is 0 Å². The van der Waals surface area contributed by atoms with Crippen molar-refractivity contribution in [2.45, 2.75) is 63.7 Å². The Morgan fingerprint density at radius 3 is 2.10 bits per heavy atom. The molecule has 1 aliphatic carbocycles. The zero-order valence-electron chi connectivity index (χ0n) is 23.4. The number of carbonyl (C=O) groups is 3. The normalized spacial score (nSPS) is 13.5. The van der Waals surface area contributed by atoms with Crippen LogP contribution < -0.4 is 10.6 Å². The summed E-state index contributed by atoms with van der Waals surface area (Å²) in [4.78, 5) is 36.3. The number of aliphatic carboxylic acids is 1. The summed E-state index contributed by atoms with van der Waals surface area (Å²) in [5.41, 5.74) is 5.66. The van der Waals surface area contributed by atoms with Crippen LogP contribution in [-0.2, 0) is 25.7 Å². The Kier molecular flexibility index (Phi) is 10.9. The fourth-order valence-corrected chi connectivity index (χ4v) is 5.13. The first kappa shape index (κ1) is 29.8. The lowest BCUT2D eigenvalue weighted by Gasteiger charge is -2.22. The standard InChI is InChI=1S/C33H38N2O6/c1-23(40-21-24-13-5-4-6-14-24)31(32(37)38)35-30(36)19-7-2-3-12-20-34-33(39)41-22-29-27-17-10-8-15-25(27)26-16-9-11-18-28(26)29/h4-6,8-11,13-18,23,29,31H,2-3,7,12,19-22H2,1H3,(H,34,39)(H,35,36)(H,37,38). The molecule has 4 rings (SSSR count). The van der Waals surface area contributed by atoms with E-state index in [1.165, 1.54) is 22.3 Å². The van der Waals surface area contributed by atoms with Gasteiger partial charge in [0.05, 0.1) is 12.7 Å². The van der Waals surface area contributed by atoms with Crippen LogP contribution in [0.4, 0.5) is 4.79 Å². The molecule has 3 aromatic rings. The number of alkyl carbamates (subject to hydrolysis) is 1. The monoisotopic (exact) mass is 558 g/mol. The van der Waals surface area contributed by atoms with E-state index in [4.69, 9.17) is 9.47 Å². The van der Waals surface area contributed by atoms with Crippen molar-refractivity contribution in [3.05, 3.63) is 95.6 Å². The first-order chi connectivity index (χ1) is 19.9. The van der Waals surface area contributed by atoms with Crippen LogP contribution in [0.25, 0.3) is 11.1 Å². The third-order valence-corrected chi connectivity index (χ3v) is 7.35. The van der Waals surface area contributed by atoms with Crippen molar-refractivity contribution in [3.63, 3.8) is 0 Å². The van der Waals surface area contributed by atoms with Crippen LogP contribution in [0.3, 0.4) is 0 Å². The molecule has 0 saturated heterocycles. The van der Waals surface area contributed by atoms with E-state index in [1.54, 1.807) is 6.92 Å². The molecule has 41 heavy (non-hydrogen) atoms. The highest BCUT2D eigenvalue weighted by Crippen LogP contribution is 2.44. The number of amides is 2. The van der Waals surface area contributed by atoms with E-state index in [-0.39, 0.29) is 31.5 Å². The molecule has 2 unspecified atom stereocenters.